The van der Waals surface area contributed by atoms with Gasteiger partial charge in [0.25, 0.3) is 5.91 Å². The maximum Gasteiger partial charge on any atom is 0.326 e. The molecule has 2 aromatic rings. The van der Waals surface area contributed by atoms with Gasteiger partial charge in [0.2, 0.25) is 0 Å². The van der Waals surface area contributed by atoms with Crippen LogP contribution in [0.2, 0.25) is 0 Å². The van der Waals surface area contributed by atoms with Gasteiger partial charge in [0.15, 0.2) is 0 Å². The van der Waals surface area contributed by atoms with E-state index in [1.54, 1.807) is 24.3 Å². The lowest BCUT2D eigenvalue weighted by Crippen LogP contribution is -2.42. The van der Waals surface area contributed by atoms with Gasteiger partial charge in [-0.05, 0) is 41.8 Å². The van der Waals surface area contributed by atoms with E-state index in [1.807, 2.05) is 0 Å². The summed E-state index contributed by atoms with van der Waals surface area (Å²) in [7, 11) is 0. The second-order valence-corrected chi connectivity index (χ2v) is 5.83. The number of nitrogens with one attached hydrogen (secondary N) is 1. The summed E-state index contributed by atoms with van der Waals surface area (Å²) in [6.07, 6.45) is 0.522. The predicted octanol–water partition coefficient (Wildman–Crippen LogP) is 1.84. The molecule has 0 aliphatic carbocycles. The summed E-state index contributed by atoms with van der Waals surface area (Å²) in [5.41, 5.74) is 1.80. The average Bonchev–Trinajstić information content (AvgIpc) is 2.60. The molecule has 2 rings (SSSR count). The first-order chi connectivity index (χ1) is 12.3. The fraction of sp³-hybridized carbons (Fsp3) is 0.211. The van der Waals surface area contributed by atoms with Crippen molar-refractivity contribution in [3.8, 4) is 5.75 Å². The minimum Gasteiger partial charge on any atom is -0.508 e. The van der Waals surface area contributed by atoms with Gasteiger partial charge in [-0.2, -0.15) is 0 Å². The first-order valence-corrected chi connectivity index (χ1v) is 7.97. The smallest absolute Gasteiger partial charge is 0.326 e. The number of carboxylic acid groups (broad SMARTS) is 2. The number of aromatic hydroxyl groups is 1. The number of aliphatic carboxylic acids is 2. The monoisotopic (exact) mass is 357 g/mol. The normalized spacial score (nSPS) is 11.5. The maximum atomic E-state index is 12.2. The maximum absolute atomic E-state index is 12.2. The summed E-state index contributed by atoms with van der Waals surface area (Å²) in [5.74, 6) is -2.57. The first kappa shape index (κ1) is 19.0. The Morgan fingerprint density at radius 2 is 1.46 bits per heavy atom. The molecule has 2 aromatic carbocycles. The number of hydrogen-bond donors (Lipinski definition) is 4. The third-order valence-corrected chi connectivity index (χ3v) is 3.82. The number of hydrogen-bond acceptors (Lipinski definition) is 4. The molecule has 26 heavy (non-hydrogen) atoms. The second-order valence-electron chi connectivity index (χ2n) is 5.83. The Hall–Kier alpha value is -3.35. The van der Waals surface area contributed by atoms with E-state index in [0.29, 0.717) is 12.0 Å². The van der Waals surface area contributed by atoms with E-state index < -0.39 is 23.9 Å². The van der Waals surface area contributed by atoms with Gasteiger partial charge < -0.3 is 20.6 Å². The number of phenolic OH excluding ortho intramolecular Hbond substituents is 1. The third kappa shape index (κ3) is 5.62. The standard InChI is InChI=1S/C19H19NO6/c21-15-8-6-14(7-9-15)18(24)20-16(19(25)26)11-13-3-1-12(2-4-13)5-10-17(22)23/h1-4,6-9,16,21H,5,10-11H2,(H,20,24)(H,22,23)(H,25,26)/t16-/m0/s1. The Labute approximate surface area is 149 Å². The van der Waals surface area contributed by atoms with Crippen LogP contribution in [0.5, 0.6) is 5.75 Å². The fourth-order valence-corrected chi connectivity index (χ4v) is 2.38. The Balaban J connectivity index is 2.01. The Morgan fingerprint density at radius 1 is 0.885 bits per heavy atom. The van der Waals surface area contributed by atoms with Crippen molar-refractivity contribution in [1.82, 2.24) is 5.32 Å². The lowest BCUT2D eigenvalue weighted by molar-refractivity contribution is -0.139. The van der Waals surface area contributed by atoms with Crippen LogP contribution >= 0.6 is 0 Å². The highest BCUT2D eigenvalue weighted by molar-refractivity contribution is 5.96. The van der Waals surface area contributed by atoms with E-state index in [4.69, 9.17) is 5.11 Å². The van der Waals surface area contributed by atoms with Crippen molar-refractivity contribution in [2.24, 2.45) is 0 Å². The molecule has 0 spiro atoms. The lowest BCUT2D eigenvalue weighted by atomic mass is 10.0. The summed E-state index contributed by atoms with van der Waals surface area (Å²) in [6, 6.07) is 11.3. The van der Waals surface area contributed by atoms with Crippen LogP contribution < -0.4 is 5.32 Å². The van der Waals surface area contributed by atoms with Crippen molar-refractivity contribution < 1.29 is 29.7 Å². The zero-order valence-corrected chi connectivity index (χ0v) is 13.9. The minimum atomic E-state index is -1.16. The van der Waals surface area contributed by atoms with Gasteiger partial charge >= 0.3 is 11.9 Å². The molecule has 0 bridgehead atoms. The molecule has 0 aromatic heterocycles. The van der Waals surface area contributed by atoms with Crippen LogP contribution in [0.3, 0.4) is 0 Å². The molecule has 1 atom stereocenters. The molecular weight excluding hydrogens is 338 g/mol. The molecule has 0 heterocycles. The highest BCUT2D eigenvalue weighted by Gasteiger charge is 2.21. The summed E-state index contributed by atoms with van der Waals surface area (Å²) in [5, 5.41) is 29.7. The first-order valence-electron chi connectivity index (χ1n) is 7.97. The number of phenols is 1. The Morgan fingerprint density at radius 3 is 2.00 bits per heavy atom. The van der Waals surface area contributed by atoms with Crippen molar-refractivity contribution in [3.63, 3.8) is 0 Å². The van der Waals surface area contributed by atoms with Crippen LogP contribution in [-0.2, 0) is 22.4 Å². The van der Waals surface area contributed by atoms with Crippen molar-refractivity contribution in [2.75, 3.05) is 0 Å². The fourth-order valence-electron chi connectivity index (χ4n) is 2.38. The number of amides is 1. The van der Waals surface area contributed by atoms with Crippen LogP contribution in [0, 0.1) is 0 Å². The lowest BCUT2D eigenvalue weighted by Gasteiger charge is -2.15. The van der Waals surface area contributed by atoms with Crippen LogP contribution in [0.1, 0.15) is 27.9 Å². The number of carbonyl (C=O) groups is 3. The average molecular weight is 357 g/mol. The van der Waals surface area contributed by atoms with E-state index in [1.165, 1.54) is 24.3 Å². The Kier molecular flexibility index (Phi) is 6.32. The molecule has 7 heteroatoms. The third-order valence-electron chi connectivity index (χ3n) is 3.82. The molecule has 136 valence electrons. The van der Waals surface area contributed by atoms with E-state index in [-0.39, 0.29) is 24.2 Å². The SMILES string of the molecule is O=C(O)CCc1ccc(C[C@H](NC(=O)c2ccc(O)cc2)C(=O)O)cc1. The molecule has 0 radical (unpaired) electrons. The predicted molar refractivity (Wildman–Crippen MR) is 93.1 cm³/mol. The molecule has 0 fully saturated rings. The number of aryl methyl sites for hydroxylation is 1. The van der Waals surface area contributed by atoms with Gasteiger partial charge in [0, 0.05) is 18.4 Å². The summed E-state index contributed by atoms with van der Waals surface area (Å²) < 4.78 is 0. The van der Waals surface area contributed by atoms with E-state index in [2.05, 4.69) is 5.32 Å². The minimum absolute atomic E-state index is 0.0133. The zero-order valence-electron chi connectivity index (χ0n) is 13.9. The van der Waals surface area contributed by atoms with Crippen LogP contribution in [0.15, 0.2) is 48.5 Å². The van der Waals surface area contributed by atoms with Crippen LogP contribution in [0.4, 0.5) is 0 Å². The largest absolute Gasteiger partial charge is 0.508 e. The van der Waals surface area contributed by atoms with Crippen LogP contribution in [0.25, 0.3) is 0 Å². The molecule has 7 nitrogen and oxygen atoms in total. The number of rotatable bonds is 8. The quantitative estimate of drug-likeness (QED) is 0.571. The van der Waals surface area contributed by atoms with Gasteiger partial charge in [-0.25, -0.2) is 4.79 Å². The van der Waals surface area contributed by atoms with Crippen molar-refractivity contribution in [3.05, 3.63) is 65.2 Å². The molecule has 0 unspecified atom stereocenters. The molecule has 1 amide bonds. The molecule has 4 N–H and O–H groups in total. The van der Waals surface area contributed by atoms with E-state index in [0.717, 1.165) is 5.56 Å². The highest BCUT2D eigenvalue weighted by atomic mass is 16.4. The van der Waals surface area contributed by atoms with E-state index >= 15 is 0 Å². The Bertz CT molecular complexity index is 783. The van der Waals surface area contributed by atoms with Crippen molar-refractivity contribution >= 4 is 17.8 Å². The number of carboxylic acids is 2. The number of carbonyl (C=O) groups excluding carboxylic acids is 1. The van der Waals surface area contributed by atoms with Gasteiger partial charge in [-0.3, -0.25) is 9.59 Å². The summed E-state index contributed by atoms with van der Waals surface area (Å²) in [6.45, 7) is 0. The van der Waals surface area contributed by atoms with Crippen LogP contribution in [-0.4, -0.2) is 39.2 Å². The topological polar surface area (TPSA) is 124 Å². The van der Waals surface area contributed by atoms with Crippen molar-refractivity contribution in [1.29, 1.82) is 0 Å². The molecule has 0 saturated carbocycles. The van der Waals surface area contributed by atoms with Gasteiger partial charge in [0.05, 0.1) is 0 Å². The second kappa shape index (κ2) is 8.66. The number of benzene rings is 2. The summed E-state index contributed by atoms with van der Waals surface area (Å²) >= 11 is 0. The zero-order chi connectivity index (χ0) is 19.1. The molecule has 0 saturated heterocycles. The molecule has 0 aliphatic heterocycles. The molecule has 0 aliphatic rings. The van der Waals surface area contributed by atoms with Gasteiger partial charge in [-0.15, -0.1) is 0 Å². The van der Waals surface area contributed by atoms with E-state index in [9.17, 15) is 24.6 Å². The highest BCUT2D eigenvalue weighted by Crippen LogP contribution is 2.12. The van der Waals surface area contributed by atoms with Crippen molar-refractivity contribution in [2.45, 2.75) is 25.3 Å². The molecular formula is C19H19NO6. The van der Waals surface area contributed by atoms with Gasteiger partial charge in [-0.1, -0.05) is 24.3 Å². The summed E-state index contributed by atoms with van der Waals surface area (Å²) in [4.78, 5) is 34.2. The van der Waals surface area contributed by atoms with Gasteiger partial charge in [0.1, 0.15) is 11.8 Å².